The summed E-state index contributed by atoms with van der Waals surface area (Å²) in [6.45, 7) is 3.76. The van der Waals surface area contributed by atoms with Crippen LogP contribution in [-0.4, -0.2) is 14.7 Å². The Hall–Kier alpha value is -2.10. The summed E-state index contributed by atoms with van der Waals surface area (Å²) >= 11 is 0. The molecule has 2 rings (SSSR count). The number of phenols is 1. The molecule has 88 valence electrons. The Balaban J connectivity index is 2.77. The quantitative estimate of drug-likeness (QED) is 0.812. The molecule has 1 aromatic carbocycles. The SMILES string of the molecule is Cc1cc(O)ccc1-c1c(C)ncc(=O)n1C. The summed E-state index contributed by atoms with van der Waals surface area (Å²) in [4.78, 5) is 15.7. The standard InChI is InChI=1S/C13H14N2O2/c1-8-6-10(16)4-5-11(8)13-9(2)14-7-12(17)15(13)3/h4-7,16H,1-3H3. The van der Waals surface area contributed by atoms with Crippen molar-refractivity contribution in [1.82, 2.24) is 9.55 Å². The fourth-order valence-electron chi connectivity index (χ4n) is 1.94. The number of nitrogens with zero attached hydrogens (tertiary/aromatic N) is 2. The number of benzene rings is 1. The molecule has 1 heterocycles. The van der Waals surface area contributed by atoms with Crippen LogP contribution in [0.5, 0.6) is 5.75 Å². The van der Waals surface area contributed by atoms with Crippen LogP contribution in [-0.2, 0) is 7.05 Å². The number of aromatic hydroxyl groups is 1. The number of hydrogen-bond donors (Lipinski definition) is 1. The van der Waals surface area contributed by atoms with E-state index >= 15 is 0 Å². The van der Waals surface area contributed by atoms with Crippen molar-refractivity contribution in [1.29, 1.82) is 0 Å². The summed E-state index contributed by atoms with van der Waals surface area (Å²) in [6.07, 6.45) is 1.31. The summed E-state index contributed by atoms with van der Waals surface area (Å²) in [5, 5.41) is 9.39. The van der Waals surface area contributed by atoms with Crippen LogP contribution in [0.3, 0.4) is 0 Å². The first-order valence-corrected chi connectivity index (χ1v) is 5.33. The fraction of sp³-hybridized carbons (Fsp3) is 0.231. The molecule has 4 heteroatoms. The minimum absolute atomic E-state index is 0.141. The predicted octanol–water partition coefficient (Wildman–Crippen LogP) is 1.77. The molecule has 0 atom stereocenters. The number of aromatic nitrogens is 2. The molecule has 0 aliphatic heterocycles. The van der Waals surface area contributed by atoms with Gasteiger partial charge in [0.05, 0.1) is 17.6 Å². The highest BCUT2D eigenvalue weighted by atomic mass is 16.3. The van der Waals surface area contributed by atoms with Crippen LogP contribution in [0.4, 0.5) is 0 Å². The third kappa shape index (κ3) is 1.93. The lowest BCUT2D eigenvalue weighted by Gasteiger charge is -2.13. The van der Waals surface area contributed by atoms with Crippen LogP contribution in [0.15, 0.2) is 29.2 Å². The molecule has 0 unspecified atom stereocenters. The monoisotopic (exact) mass is 230 g/mol. The van der Waals surface area contributed by atoms with E-state index in [-0.39, 0.29) is 11.3 Å². The normalized spacial score (nSPS) is 10.5. The van der Waals surface area contributed by atoms with Gasteiger partial charge in [0.15, 0.2) is 0 Å². The Kier molecular flexibility index (Phi) is 2.71. The first-order chi connectivity index (χ1) is 8.00. The predicted molar refractivity (Wildman–Crippen MR) is 66.1 cm³/mol. The Morgan fingerprint density at radius 2 is 2.00 bits per heavy atom. The number of rotatable bonds is 1. The van der Waals surface area contributed by atoms with Gasteiger partial charge in [0.1, 0.15) is 5.75 Å². The summed E-state index contributed by atoms with van der Waals surface area (Å²) in [6, 6.07) is 5.08. The second-order valence-corrected chi connectivity index (χ2v) is 4.09. The fourth-order valence-corrected chi connectivity index (χ4v) is 1.94. The molecular formula is C13H14N2O2. The Labute approximate surface area is 99.2 Å². The van der Waals surface area contributed by atoms with Gasteiger partial charge in [0, 0.05) is 12.6 Å². The van der Waals surface area contributed by atoms with Gasteiger partial charge in [-0.05, 0) is 37.6 Å². The van der Waals surface area contributed by atoms with Gasteiger partial charge in [-0.25, -0.2) is 0 Å². The summed E-state index contributed by atoms with van der Waals surface area (Å²) < 4.78 is 1.57. The van der Waals surface area contributed by atoms with Crippen LogP contribution >= 0.6 is 0 Å². The molecule has 0 aliphatic rings. The third-order valence-corrected chi connectivity index (χ3v) is 2.84. The van der Waals surface area contributed by atoms with E-state index in [4.69, 9.17) is 0 Å². The maximum Gasteiger partial charge on any atom is 0.269 e. The number of hydrogen-bond acceptors (Lipinski definition) is 3. The van der Waals surface area contributed by atoms with Crippen molar-refractivity contribution in [2.45, 2.75) is 13.8 Å². The smallest absolute Gasteiger partial charge is 0.269 e. The van der Waals surface area contributed by atoms with Gasteiger partial charge in [-0.2, -0.15) is 0 Å². The van der Waals surface area contributed by atoms with Gasteiger partial charge in [0.25, 0.3) is 5.56 Å². The van der Waals surface area contributed by atoms with Crippen molar-refractivity contribution >= 4 is 0 Å². The average Bonchev–Trinajstić information content (AvgIpc) is 2.27. The van der Waals surface area contributed by atoms with E-state index in [1.54, 1.807) is 29.8 Å². The molecule has 4 nitrogen and oxygen atoms in total. The van der Waals surface area contributed by atoms with Gasteiger partial charge in [-0.3, -0.25) is 9.78 Å². The Morgan fingerprint density at radius 1 is 1.29 bits per heavy atom. The molecule has 0 saturated carbocycles. The highest BCUT2D eigenvalue weighted by Gasteiger charge is 2.10. The van der Waals surface area contributed by atoms with E-state index in [2.05, 4.69) is 4.98 Å². The Morgan fingerprint density at radius 3 is 2.65 bits per heavy atom. The largest absolute Gasteiger partial charge is 0.508 e. The highest BCUT2D eigenvalue weighted by molar-refractivity contribution is 5.66. The minimum atomic E-state index is -0.141. The van der Waals surface area contributed by atoms with Crippen molar-refractivity contribution in [2.75, 3.05) is 0 Å². The Bertz CT molecular complexity index is 630. The zero-order valence-corrected chi connectivity index (χ0v) is 10.1. The van der Waals surface area contributed by atoms with Crippen molar-refractivity contribution in [2.24, 2.45) is 7.05 Å². The number of phenolic OH excluding ortho intramolecular Hbond substituents is 1. The van der Waals surface area contributed by atoms with Crippen molar-refractivity contribution in [3.63, 3.8) is 0 Å². The van der Waals surface area contributed by atoms with Crippen molar-refractivity contribution in [3.05, 3.63) is 46.0 Å². The zero-order chi connectivity index (χ0) is 12.6. The minimum Gasteiger partial charge on any atom is -0.508 e. The van der Waals surface area contributed by atoms with Crippen LogP contribution in [0.25, 0.3) is 11.3 Å². The first kappa shape index (κ1) is 11.4. The average molecular weight is 230 g/mol. The van der Waals surface area contributed by atoms with Gasteiger partial charge in [-0.1, -0.05) is 0 Å². The lowest BCUT2D eigenvalue weighted by molar-refractivity contribution is 0.475. The molecule has 0 aliphatic carbocycles. The molecule has 2 aromatic rings. The van der Waals surface area contributed by atoms with E-state index in [0.717, 1.165) is 22.5 Å². The molecule has 0 amide bonds. The second kappa shape index (κ2) is 4.05. The van der Waals surface area contributed by atoms with Crippen LogP contribution in [0, 0.1) is 13.8 Å². The van der Waals surface area contributed by atoms with Gasteiger partial charge in [0.2, 0.25) is 0 Å². The first-order valence-electron chi connectivity index (χ1n) is 5.33. The lowest BCUT2D eigenvalue weighted by Crippen LogP contribution is -2.19. The molecule has 0 saturated heterocycles. The molecule has 1 aromatic heterocycles. The molecule has 0 fully saturated rings. The molecule has 17 heavy (non-hydrogen) atoms. The van der Waals surface area contributed by atoms with Crippen LogP contribution in [0.1, 0.15) is 11.3 Å². The van der Waals surface area contributed by atoms with E-state index in [0.29, 0.717) is 0 Å². The van der Waals surface area contributed by atoms with Gasteiger partial charge < -0.3 is 9.67 Å². The maximum atomic E-state index is 11.6. The van der Waals surface area contributed by atoms with Gasteiger partial charge in [-0.15, -0.1) is 0 Å². The molecule has 0 radical (unpaired) electrons. The highest BCUT2D eigenvalue weighted by Crippen LogP contribution is 2.26. The maximum absolute atomic E-state index is 11.6. The lowest BCUT2D eigenvalue weighted by atomic mass is 10.0. The van der Waals surface area contributed by atoms with Crippen LogP contribution in [0.2, 0.25) is 0 Å². The second-order valence-electron chi connectivity index (χ2n) is 4.09. The van der Waals surface area contributed by atoms with Crippen molar-refractivity contribution in [3.8, 4) is 17.0 Å². The zero-order valence-electron chi connectivity index (χ0n) is 10.1. The summed E-state index contributed by atoms with van der Waals surface area (Å²) in [5.74, 6) is 0.220. The number of aryl methyl sites for hydroxylation is 2. The summed E-state index contributed by atoms with van der Waals surface area (Å²) in [5.41, 5.74) is 3.26. The molecule has 1 N–H and O–H groups in total. The molecule has 0 bridgehead atoms. The molecule has 0 spiro atoms. The molecular weight excluding hydrogens is 216 g/mol. The van der Waals surface area contributed by atoms with E-state index in [1.807, 2.05) is 13.8 Å². The van der Waals surface area contributed by atoms with Crippen molar-refractivity contribution < 1.29 is 5.11 Å². The topological polar surface area (TPSA) is 55.1 Å². The van der Waals surface area contributed by atoms with E-state index in [1.165, 1.54) is 6.20 Å². The third-order valence-electron chi connectivity index (χ3n) is 2.84. The summed E-state index contributed by atoms with van der Waals surface area (Å²) in [7, 11) is 1.72. The van der Waals surface area contributed by atoms with Crippen LogP contribution < -0.4 is 5.56 Å². The van der Waals surface area contributed by atoms with E-state index < -0.39 is 0 Å². The van der Waals surface area contributed by atoms with Gasteiger partial charge >= 0.3 is 0 Å². The van der Waals surface area contributed by atoms with E-state index in [9.17, 15) is 9.90 Å².